The highest BCUT2D eigenvalue weighted by molar-refractivity contribution is 5.79. The summed E-state index contributed by atoms with van der Waals surface area (Å²) in [6, 6.07) is 0.171. The van der Waals surface area contributed by atoms with E-state index in [0.29, 0.717) is 6.42 Å². The Labute approximate surface area is 91.4 Å². The van der Waals surface area contributed by atoms with Crippen LogP contribution in [0.3, 0.4) is 0 Å². The molecule has 0 radical (unpaired) electrons. The van der Waals surface area contributed by atoms with Crippen molar-refractivity contribution >= 4 is 5.91 Å². The van der Waals surface area contributed by atoms with Gasteiger partial charge in [-0.25, -0.2) is 5.01 Å². The summed E-state index contributed by atoms with van der Waals surface area (Å²) in [6.07, 6.45) is 5.20. The van der Waals surface area contributed by atoms with Crippen molar-refractivity contribution in [1.29, 1.82) is 0 Å². The fraction of sp³-hybridized carbons (Fsp3) is 0.909. The van der Waals surface area contributed by atoms with Crippen LogP contribution in [0.2, 0.25) is 0 Å². The maximum absolute atomic E-state index is 11.8. The molecule has 4 nitrogen and oxygen atoms in total. The smallest absolute Gasteiger partial charge is 0.238 e. The van der Waals surface area contributed by atoms with E-state index in [1.165, 1.54) is 19.3 Å². The van der Waals surface area contributed by atoms with Crippen molar-refractivity contribution in [2.45, 2.75) is 50.6 Å². The van der Waals surface area contributed by atoms with Gasteiger partial charge in [-0.05, 0) is 32.6 Å². The summed E-state index contributed by atoms with van der Waals surface area (Å²) in [5, 5.41) is 4.06. The maximum atomic E-state index is 11.8. The number of nitrogens with two attached hydrogens (primary N) is 1. The second-order valence-corrected chi connectivity index (χ2v) is 5.06. The standard InChI is InChI=1S/C11H21N3O/c1-9(12)4-7-14-10(15)8-11(13(14)2)5-3-6-11/h9H,3-8,12H2,1-2H3. The zero-order valence-electron chi connectivity index (χ0n) is 9.70. The Hall–Kier alpha value is -0.610. The maximum Gasteiger partial charge on any atom is 0.238 e. The average molecular weight is 211 g/mol. The Kier molecular flexibility index (Phi) is 2.73. The predicted molar refractivity (Wildman–Crippen MR) is 58.9 cm³/mol. The third kappa shape index (κ3) is 1.76. The van der Waals surface area contributed by atoms with Gasteiger partial charge in [0.05, 0.1) is 0 Å². The summed E-state index contributed by atoms with van der Waals surface area (Å²) < 4.78 is 0. The van der Waals surface area contributed by atoms with Gasteiger partial charge in [0.2, 0.25) is 5.91 Å². The summed E-state index contributed by atoms with van der Waals surface area (Å²) in [4.78, 5) is 11.8. The molecule has 2 aliphatic rings. The number of amides is 1. The Bertz CT molecular complexity index is 261. The predicted octanol–water partition coefficient (Wildman–Crippen LogP) is 0.726. The number of rotatable bonds is 3. The summed E-state index contributed by atoms with van der Waals surface area (Å²) in [5.41, 5.74) is 5.89. The minimum atomic E-state index is 0.171. The number of hydrogen-bond acceptors (Lipinski definition) is 3. The van der Waals surface area contributed by atoms with Crippen LogP contribution in [-0.2, 0) is 4.79 Å². The molecule has 0 aromatic heterocycles. The van der Waals surface area contributed by atoms with Crippen LogP contribution in [-0.4, -0.2) is 41.1 Å². The molecule has 1 atom stereocenters. The number of carbonyl (C=O) groups excluding carboxylic acids is 1. The number of carbonyl (C=O) groups is 1. The molecule has 1 amide bonds. The fourth-order valence-corrected chi connectivity index (χ4v) is 2.60. The third-order valence-corrected chi connectivity index (χ3v) is 3.90. The van der Waals surface area contributed by atoms with Gasteiger partial charge in [-0.1, -0.05) is 0 Å². The van der Waals surface area contributed by atoms with E-state index in [9.17, 15) is 4.79 Å². The fourth-order valence-electron chi connectivity index (χ4n) is 2.60. The highest BCUT2D eigenvalue weighted by Gasteiger charge is 2.51. The molecule has 2 rings (SSSR count). The largest absolute Gasteiger partial charge is 0.328 e. The van der Waals surface area contributed by atoms with Crippen LogP contribution in [0.25, 0.3) is 0 Å². The lowest BCUT2D eigenvalue weighted by Gasteiger charge is -2.45. The molecule has 0 bridgehead atoms. The first-order valence-corrected chi connectivity index (χ1v) is 5.85. The lowest BCUT2D eigenvalue weighted by molar-refractivity contribution is -0.140. The first-order valence-electron chi connectivity index (χ1n) is 5.85. The zero-order valence-corrected chi connectivity index (χ0v) is 9.70. The van der Waals surface area contributed by atoms with Crippen LogP contribution in [0.4, 0.5) is 0 Å². The Morgan fingerprint density at radius 2 is 2.20 bits per heavy atom. The van der Waals surface area contributed by atoms with Gasteiger partial charge in [-0.3, -0.25) is 9.80 Å². The molecule has 0 aromatic carbocycles. The molecule has 86 valence electrons. The summed E-state index contributed by atoms with van der Waals surface area (Å²) in [7, 11) is 2.05. The number of hydrogen-bond donors (Lipinski definition) is 1. The molecule has 4 heteroatoms. The van der Waals surface area contributed by atoms with E-state index < -0.39 is 0 Å². The van der Waals surface area contributed by atoms with E-state index >= 15 is 0 Å². The SMILES string of the molecule is CC(N)CCN1C(=O)CC2(CCC2)N1C. The normalized spacial score (nSPS) is 27.1. The molecule has 1 saturated heterocycles. The molecule has 1 aliphatic carbocycles. The average Bonchev–Trinajstić information content (AvgIpc) is 2.35. The molecule has 2 fully saturated rings. The second-order valence-electron chi connectivity index (χ2n) is 5.06. The first-order chi connectivity index (χ1) is 7.05. The van der Waals surface area contributed by atoms with Crippen molar-refractivity contribution in [1.82, 2.24) is 10.0 Å². The van der Waals surface area contributed by atoms with Crippen molar-refractivity contribution < 1.29 is 4.79 Å². The van der Waals surface area contributed by atoms with Gasteiger partial charge in [-0.2, -0.15) is 0 Å². The topological polar surface area (TPSA) is 49.6 Å². The van der Waals surface area contributed by atoms with Crippen LogP contribution in [0.5, 0.6) is 0 Å². The van der Waals surface area contributed by atoms with Gasteiger partial charge < -0.3 is 5.73 Å². The molecule has 1 aliphatic heterocycles. The van der Waals surface area contributed by atoms with Crippen molar-refractivity contribution in [2.75, 3.05) is 13.6 Å². The van der Waals surface area contributed by atoms with E-state index in [1.54, 1.807) is 0 Å². The summed E-state index contributed by atoms with van der Waals surface area (Å²) in [6.45, 7) is 2.76. The molecular weight excluding hydrogens is 190 g/mol. The van der Waals surface area contributed by atoms with Crippen LogP contribution < -0.4 is 5.73 Å². The van der Waals surface area contributed by atoms with Crippen molar-refractivity contribution in [3.8, 4) is 0 Å². The van der Waals surface area contributed by atoms with Crippen molar-refractivity contribution in [3.63, 3.8) is 0 Å². The minimum Gasteiger partial charge on any atom is -0.328 e. The zero-order chi connectivity index (χ0) is 11.1. The van der Waals surface area contributed by atoms with Crippen LogP contribution in [0.15, 0.2) is 0 Å². The third-order valence-electron chi connectivity index (χ3n) is 3.90. The molecule has 1 spiro atoms. The minimum absolute atomic E-state index is 0.171. The quantitative estimate of drug-likeness (QED) is 0.748. The molecule has 1 unspecified atom stereocenters. The lowest BCUT2D eigenvalue weighted by Crippen LogP contribution is -2.52. The monoisotopic (exact) mass is 211 g/mol. The Morgan fingerprint density at radius 3 is 2.60 bits per heavy atom. The second kappa shape index (κ2) is 3.76. The van der Waals surface area contributed by atoms with Gasteiger partial charge in [0.15, 0.2) is 0 Å². The summed E-state index contributed by atoms with van der Waals surface area (Å²) in [5.74, 6) is 0.276. The van der Waals surface area contributed by atoms with Crippen LogP contribution in [0, 0.1) is 0 Å². The highest BCUT2D eigenvalue weighted by Crippen LogP contribution is 2.44. The Morgan fingerprint density at radius 1 is 1.53 bits per heavy atom. The highest BCUT2D eigenvalue weighted by atomic mass is 16.2. The molecular formula is C11H21N3O. The van der Waals surface area contributed by atoms with E-state index in [4.69, 9.17) is 5.73 Å². The molecule has 1 heterocycles. The van der Waals surface area contributed by atoms with Gasteiger partial charge in [-0.15, -0.1) is 0 Å². The number of hydrazine groups is 1. The van der Waals surface area contributed by atoms with Gasteiger partial charge in [0, 0.05) is 31.6 Å². The van der Waals surface area contributed by atoms with E-state index in [2.05, 4.69) is 5.01 Å². The summed E-state index contributed by atoms with van der Waals surface area (Å²) >= 11 is 0. The van der Waals surface area contributed by atoms with Gasteiger partial charge in [0.1, 0.15) is 0 Å². The van der Waals surface area contributed by atoms with Gasteiger partial charge >= 0.3 is 0 Å². The molecule has 1 saturated carbocycles. The van der Waals surface area contributed by atoms with E-state index in [0.717, 1.165) is 13.0 Å². The van der Waals surface area contributed by atoms with Crippen LogP contribution >= 0.6 is 0 Å². The first kappa shape index (κ1) is 10.9. The van der Waals surface area contributed by atoms with E-state index in [-0.39, 0.29) is 17.5 Å². The van der Waals surface area contributed by atoms with Crippen molar-refractivity contribution in [3.05, 3.63) is 0 Å². The van der Waals surface area contributed by atoms with E-state index in [1.807, 2.05) is 19.0 Å². The molecule has 15 heavy (non-hydrogen) atoms. The molecule has 2 N–H and O–H groups in total. The lowest BCUT2D eigenvalue weighted by atomic mass is 9.75. The van der Waals surface area contributed by atoms with Gasteiger partial charge in [0.25, 0.3) is 0 Å². The molecule has 0 aromatic rings. The van der Waals surface area contributed by atoms with Crippen LogP contribution in [0.1, 0.15) is 39.0 Å². The van der Waals surface area contributed by atoms with Crippen molar-refractivity contribution in [2.24, 2.45) is 5.73 Å². The Balaban J connectivity index is 1.97. The number of nitrogens with zero attached hydrogens (tertiary/aromatic N) is 2.